The highest BCUT2D eigenvalue weighted by molar-refractivity contribution is 5.60. The lowest BCUT2D eigenvalue weighted by molar-refractivity contribution is 0.836. The molecule has 0 bridgehead atoms. The fourth-order valence-electron chi connectivity index (χ4n) is 2.16. The van der Waals surface area contributed by atoms with Gasteiger partial charge in [-0.15, -0.1) is 5.92 Å². The smallest absolute Gasteiger partial charge is 0.0766 e. The van der Waals surface area contributed by atoms with Crippen LogP contribution >= 0.6 is 0 Å². The molecule has 0 aliphatic heterocycles. The molecule has 1 heteroatoms. The number of nitrogens with one attached hydrogen (secondary N) is 1. The van der Waals surface area contributed by atoms with Crippen LogP contribution in [-0.4, -0.2) is 6.54 Å². The maximum atomic E-state index is 3.53. The van der Waals surface area contributed by atoms with Gasteiger partial charge in [0.05, 0.1) is 6.54 Å². The van der Waals surface area contributed by atoms with E-state index in [1.807, 2.05) is 0 Å². The number of hydrogen-bond donors (Lipinski definition) is 1. The van der Waals surface area contributed by atoms with Crippen LogP contribution in [-0.2, 0) is 0 Å². The normalized spacial score (nSPS) is 10.5. The monoisotopic (exact) mass is 257 g/mol. The summed E-state index contributed by atoms with van der Waals surface area (Å²) in [5, 5.41) is 3.53. The zero-order chi connectivity index (χ0) is 14.3. The van der Waals surface area contributed by atoms with Gasteiger partial charge in [0, 0.05) is 12.1 Å². The van der Waals surface area contributed by atoms with Crippen molar-refractivity contribution in [2.45, 2.75) is 59.3 Å². The first-order valence-corrected chi connectivity index (χ1v) is 7.40. The topological polar surface area (TPSA) is 12.0 Å². The fraction of sp³-hybridized carbons (Fsp3) is 0.556. The van der Waals surface area contributed by atoms with Gasteiger partial charge in [0.25, 0.3) is 0 Å². The Bertz CT molecular complexity index is 420. The zero-order valence-electron chi connectivity index (χ0n) is 13.0. The molecule has 0 saturated heterocycles. The summed E-state index contributed by atoms with van der Waals surface area (Å²) in [6, 6.07) is 6.61. The summed E-state index contributed by atoms with van der Waals surface area (Å²) in [6.07, 6.45) is 2.12. The molecule has 0 amide bonds. The Morgan fingerprint density at radius 2 is 1.58 bits per heavy atom. The van der Waals surface area contributed by atoms with Crippen molar-refractivity contribution in [3.8, 4) is 11.8 Å². The summed E-state index contributed by atoms with van der Waals surface area (Å²) < 4.78 is 0. The van der Waals surface area contributed by atoms with Crippen LogP contribution in [0.2, 0.25) is 0 Å². The molecule has 0 radical (unpaired) electrons. The summed E-state index contributed by atoms with van der Waals surface area (Å²) in [6.45, 7) is 11.9. The van der Waals surface area contributed by atoms with E-state index in [-0.39, 0.29) is 0 Å². The molecule has 1 aromatic carbocycles. The van der Waals surface area contributed by atoms with Crippen LogP contribution in [0.4, 0.5) is 5.69 Å². The Hall–Kier alpha value is -1.42. The molecule has 0 fully saturated rings. The van der Waals surface area contributed by atoms with E-state index in [9.17, 15) is 0 Å². The number of benzene rings is 1. The number of para-hydroxylation sites is 1. The minimum atomic E-state index is 0.532. The maximum absolute atomic E-state index is 3.53. The van der Waals surface area contributed by atoms with E-state index in [0.717, 1.165) is 19.4 Å². The fourth-order valence-corrected chi connectivity index (χ4v) is 2.16. The van der Waals surface area contributed by atoms with E-state index in [0.29, 0.717) is 11.8 Å². The van der Waals surface area contributed by atoms with Crippen LogP contribution in [0.1, 0.15) is 70.4 Å². The van der Waals surface area contributed by atoms with E-state index in [1.165, 1.54) is 16.8 Å². The van der Waals surface area contributed by atoms with Gasteiger partial charge < -0.3 is 5.32 Å². The predicted molar refractivity (Wildman–Crippen MR) is 85.8 cm³/mol. The highest BCUT2D eigenvalue weighted by Crippen LogP contribution is 2.32. The van der Waals surface area contributed by atoms with E-state index in [2.05, 4.69) is 70.0 Å². The molecule has 0 aliphatic carbocycles. The molecule has 1 nitrogen and oxygen atoms in total. The van der Waals surface area contributed by atoms with Gasteiger partial charge in [-0.1, -0.05) is 58.7 Å². The molecular weight excluding hydrogens is 230 g/mol. The predicted octanol–water partition coefficient (Wildman–Crippen LogP) is 5.15. The van der Waals surface area contributed by atoms with E-state index >= 15 is 0 Å². The molecule has 0 unspecified atom stereocenters. The van der Waals surface area contributed by atoms with Crippen LogP contribution in [0, 0.1) is 11.8 Å². The number of rotatable bonds is 5. The van der Waals surface area contributed by atoms with Crippen molar-refractivity contribution in [1.29, 1.82) is 0 Å². The van der Waals surface area contributed by atoms with Crippen molar-refractivity contribution in [3.05, 3.63) is 29.3 Å². The van der Waals surface area contributed by atoms with Crippen LogP contribution in [0.25, 0.3) is 0 Å². The lowest BCUT2D eigenvalue weighted by atomic mass is 9.92. The van der Waals surface area contributed by atoms with Gasteiger partial charge in [-0.25, -0.2) is 0 Å². The van der Waals surface area contributed by atoms with Crippen LogP contribution in [0.5, 0.6) is 0 Å². The molecule has 1 rings (SSSR count). The summed E-state index contributed by atoms with van der Waals surface area (Å²) in [7, 11) is 0. The molecule has 0 atom stereocenters. The average molecular weight is 257 g/mol. The van der Waals surface area contributed by atoms with Crippen LogP contribution < -0.4 is 5.32 Å². The second-order valence-electron chi connectivity index (χ2n) is 5.58. The number of hydrogen-bond acceptors (Lipinski definition) is 1. The lowest BCUT2D eigenvalue weighted by Crippen LogP contribution is -2.07. The van der Waals surface area contributed by atoms with Crippen molar-refractivity contribution in [1.82, 2.24) is 0 Å². The van der Waals surface area contributed by atoms with Gasteiger partial charge >= 0.3 is 0 Å². The second-order valence-corrected chi connectivity index (χ2v) is 5.58. The first-order chi connectivity index (χ1) is 9.07. The second kappa shape index (κ2) is 7.89. The Labute approximate surface area is 118 Å². The van der Waals surface area contributed by atoms with E-state index in [4.69, 9.17) is 0 Å². The van der Waals surface area contributed by atoms with Gasteiger partial charge in [-0.2, -0.15) is 0 Å². The average Bonchev–Trinajstić information content (AvgIpc) is 2.38. The Balaban J connectivity index is 2.92. The van der Waals surface area contributed by atoms with Crippen molar-refractivity contribution in [2.75, 3.05) is 11.9 Å². The van der Waals surface area contributed by atoms with E-state index < -0.39 is 0 Å². The zero-order valence-corrected chi connectivity index (χ0v) is 13.0. The van der Waals surface area contributed by atoms with Crippen molar-refractivity contribution < 1.29 is 0 Å². The van der Waals surface area contributed by atoms with E-state index in [1.54, 1.807) is 0 Å². The quantitative estimate of drug-likeness (QED) is 0.719. The van der Waals surface area contributed by atoms with Gasteiger partial charge in [0.1, 0.15) is 0 Å². The van der Waals surface area contributed by atoms with Crippen molar-refractivity contribution in [3.63, 3.8) is 0 Å². The van der Waals surface area contributed by atoms with Crippen LogP contribution in [0.15, 0.2) is 18.2 Å². The SMILES string of the molecule is CCCC#CCNc1c(C(C)C)cccc1C(C)C. The molecule has 0 aliphatic rings. The highest BCUT2D eigenvalue weighted by atomic mass is 14.9. The highest BCUT2D eigenvalue weighted by Gasteiger charge is 2.12. The van der Waals surface area contributed by atoms with Crippen molar-refractivity contribution >= 4 is 5.69 Å². The summed E-state index contributed by atoms with van der Waals surface area (Å²) >= 11 is 0. The number of unbranched alkanes of at least 4 members (excludes halogenated alkanes) is 1. The third kappa shape index (κ3) is 4.63. The minimum absolute atomic E-state index is 0.532. The van der Waals surface area contributed by atoms with Crippen molar-refractivity contribution in [2.24, 2.45) is 0 Å². The molecule has 0 spiro atoms. The first-order valence-electron chi connectivity index (χ1n) is 7.40. The Morgan fingerprint density at radius 1 is 1.00 bits per heavy atom. The summed E-state index contributed by atoms with van der Waals surface area (Å²) in [5.41, 5.74) is 4.07. The summed E-state index contributed by atoms with van der Waals surface area (Å²) in [4.78, 5) is 0. The van der Waals surface area contributed by atoms with Gasteiger partial charge in [0.15, 0.2) is 0 Å². The molecule has 104 valence electrons. The van der Waals surface area contributed by atoms with Gasteiger partial charge in [-0.3, -0.25) is 0 Å². The molecule has 0 saturated carbocycles. The van der Waals surface area contributed by atoms with Gasteiger partial charge in [0.2, 0.25) is 0 Å². The summed E-state index contributed by atoms with van der Waals surface area (Å²) in [5.74, 6) is 7.46. The third-order valence-corrected chi connectivity index (χ3v) is 3.23. The van der Waals surface area contributed by atoms with Gasteiger partial charge in [-0.05, 0) is 29.4 Å². The maximum Gasteiger partial charge on any atom is 0.0766 e. The molecule has 19 heavy (non-hydrogen) atoms. The molecular formula is C18H27N. The number of anilines is 1. The Morgan fingerprint density at radius 3 is 2.05 bits per heavy atom. The third-order valence-electron chi connectivity index (χ3n) is 3.23. The molecule has 0 heterocycles. The lowest BCUT2D eigenvalue weighted by Gasteiger charge is -2.19. The molecule has 0 aromatic heterocycles. The van der Waals surface area contributed by atoms with Crippen LogP contribution in [0.3, 0.4) is 0 Å². The largest absolute Gasteiger partial charge is 0.374 e. The molecule has 1 N–H and O–H groups in total. The minimum Gasteiger partial charge on any atom is -0.374 e. The Kier molecular flexibility index (Phi) is 6.50. The first kappa shape index (κ1) is 15.6. The standard InChI is InChI=1S/C18H27N/c1-6-7-8-9-13-19-18-16(14(2)3)11-10-12-17(18)15(4)5/h10-12,14-15,19H,6-7,13H2,1-5H3. The molecule has 1 aromatic rings.